The third-order valence-corrected chi connectivity index (χ3v) is 3.75. The molecular formula is C19H23NO5. The van der Waals surface area contributed by atoms with E-state index in [1.807, 2.05) is 30.3 Å². The first kappa shape index (κ1) is 18.3. The summed E-state index contributed by atoms with van der Waals surface area (Å²) in [5.74, 6) is 2.26. The number of hydrogen-bond donors (Lipinski definition) is 1. The Labute approximate surface area is 147 Å². The number of methoxy groups -OCH3 is 5. The first-order valence-electron chi connectivity index (χ1n) is 7.56. The van der Waals surface area contributed by atoms with Gasteiger partial charge < -0.3 is 29.4 Å². The van der Waals surface area contributed by atoms with Gasteiger partial charge in [-0.2, -0.15) is 0 Å². The van der Waals surface area contributed by atoms with Crippen molar-refractivity contribution in [3.05, 3.63) is 47.7 Å². The third-order valence-electron chi connectivity index (χ3n) is 3.75. The van der Waals surface area contributed by atoms with Crippen molar-refractivity contribution in [3.63, 3.8) is 0 Å². The fourth-order valence-corrected chi connectivity index (χ4v) is 2.56. The van der Waals surface area contributed by atoms with Gasteiger partial charge in [-0.1, -0.05) is 6.07 Å². The molecular weight excluding hydrogens is 322 g/mol. The van der Waals surface area contributed by atoms with E-state index in [-0.39, 0.29) is 0 Å². The van der Waals surface area contributed by atoms with Crippen molar-refractivity contribution in [3.8, 4) is 23.0 Å². The average Bonchev–Trinajstić information content (AvgIpc) is 2.64. The Morgan fingerprint density at radius 1 is 0.760 bits per heavy atom. The molecule has 2 N–H and O–H groups in total. The van der Waals surface area contributed by atoms with Crippen LogP contribution in [0.15, 0.2) is 36.6 Å². The molecule has 6 nitrogen and oxygen atoms in total. The van der Waals surface area contributed by atoms with E-state index >= 15 is 0 Å². The van der Waals surface area contributed by atoms with Crippen LogP contribution in [0.2, 0.25) is 0 Å². The zero-order chi connectivity index (χ0) is 18.4. The Bertz CT molecular complexity index is 745. The summed E-state index contributed by atoms with van der Waals surface area (Å²) < 4.78 is 26.7. The zero-order valence-corrected chi connectivity index (χ0v) is 15.1. The highest BCUT2D eigenvalue weighted by molar-refractivity contribution is 5.83. The van der Waals surface area contributed by atoms with Crippen LogP contribution in [0.5, 0.6) is 23.0 Å². The Morgan fingerprint density at radius 2 is 1.36 bits per heavy atom. The zero-order valence-electron chi connectivity index (χ0n) is 15.1. The van der Waals surface area contributed by atoms with Crippen LogP contribution >= 0.6 is 0 Å². The maximum atomic E-state index is 6.04. The van der Waals surface area contributed by atoms with Crippen molar-refractivity contribution in [2.75, 3.05) is 41.3 Å². The van der Waals surface area contributed by atoms with Gasteiger partial charge in [0.05, 0.1) is 47.5 Å². The van der Waals surface area contributed by atoms with Crippen molar-refractivity contribution in [2.24, 2.45) is 0 Å². The molecule has 2 aromatic carbocycles. The van der Waals surface area contributed by atoms with Crippen LogP contribution in [0.25, 0.3) is 5.57 Å². The largest absolute Gasteiger partial charge is 0.504 e. The highest BCUT2D eigenvalue weighted by Gasteiger charge is 2.17. The minimum absolute atomic E-state index is 0.528. The fraction of sp³-hybridized carbons (Fsp3) is 0.263. The monoisotopic (exact) mass is 345 g/mol. The molecule has 0 aliphatic heterocycles. The van der Waals surface area contributed by atoms with Gasteiger partial charge in [0.15, 0.2) is 11.5 Å². The molecule has 0 aliphatic rings. The number of nitrogens with two attached hydrogens (primary N) is 1. The predicted molar refractivity (Wildman–Crippen MR) is 97.6 cm³/mol. The van der Waals surface area contributed by atoms with Crippen LogP contribution in [0.4, 0.5) is 5.69 Å². The summed E-state index contributed by atoms with van der Waals surface area (Å²) in [7, 11) is 7.88. The minimum atomic E-state index is 0.528. The van der Waals surface area contributed by atoms with Crippen LogP contribution in [-0.4, -0.2) is 35.5 Å². The molecule has 134 valence electrons. The quantitative estimate of drug-likeness (QED) is 0.613. The second-order valence-corrected chi connectivity index (χ2v) is 5.14. The second kappa shape index (κ2) is 8.19. The fourth-order valence-electron chi connectivity index (χ4n) is 2.56. The maximum Gasteiger partial charge on any atom is 0.203 e. The van der Waals surface area contributed by atoms with Gasteiger partial charge in [-0.3, -0.25) is 0 Å². The Balaban J connectivity index is 2.62. The van der Waals surface area contributed by atoms with Gasteiger partial charge >= 0.3 is 0 Å². The average molecular weight is 345 g/mol. The van der Waals surface area contributed by atoms with Gasteiger partial charge in [0, 0.05) is 5.57 Å². The lowest BCUT2D eigenvalue weighted by molar-refractivity contribution is 0.324. The summed E-state index contributed by atoms with van der Waals surface area (Å²) in [6.45, 7) is 0. The van der Waals surface area contributed by atoms with Crippen LogP contribution in [0.3, 0.4) is 0 Å². The number of nitrogen functional groups attached to an aromatic ring is 1. The summed E-state index contributed by atoms with van der Waals surface area (Å²) >= 11 is 0. The van der Waals surface area contributed by atoms with E-state index in [0.29, 0.717) is 28.7 Å². The van der Waals surface area contributed by atoms with E-state index in [1.54, 1.807) is 41.8 Å². The number of benzene rings is 2. The van der Waals surface area contributed by atoms with Gasteiger partial charge in [-0.25, -0.2) is 0 Å². The lowest BCUT2D eigenvalue weighted by Gasteiger charge is -2.16. The number of rotatable bonds is 7. The van der Waals surface area contributed by atoms with Crippen LogP contribution in [-0.2, 0) is 4.74 Å². The molecule has 0 saturated heterocycles. The lowest BCUT2D eigenvalue weighted by atomic mass is 9.97. The standard InChI is InChI=1S/C19H23NO5/c1-21-11-14(12-6-7-16(22-2)15(20)8-12)13-9-17(23-3)19(25-5)18(10-13)24-4/h6-11H,20H2,1-5H3/b14-11+. The smallest absolute Gasteiger partial charge is 0.203 e. The molecule has 0 heterocycles. The highest BCUT2D eigenvalue weighted by Crippen LogP contribution is 2.41. The van der Waals surface area contributed by atoms with E-state index in [1.165, 1.54) is 0 Å². The van der Waals surface area contributed by atoms with E-state index in [9.17, 15) is 0 Å². The summed E-state index contributed by atoms with van der Waals surface area (Å²) in [5.41, 5.74) is 9.10. The molecule has 0 fully saturated rings. The first-order valence-corrected chi connectivity index (χ1v) is 7.56. The maximum absolute atomic E-state index is 6.04. The van der Waals surface area contributed by atoms with Crippen molar-refractivity contribution < 1.29 is 23.7 Å². The molecule has 0 unspecified atom stereocenters. The van der Waals surface area contributed by atoms with Gasteiger partial charge in [0.2, 0.25) is 5.75 Å². The van der Waals surface area contributed by atoms with Crippen LogP contribution < -0.4 is 24.7 Å². The third kappa shape index (κ3) is 3.74. The van der Waals surface area contributed by atoms with Gasteiger partial charge in [-0.15, -0.1) is 0 Å². The second-order valence-electron chi connectivity index (χ2n) is 5.14. The van der Waals surface area contributed by atoms with E-state index in [0.717, 1.165) is 16.7 Å². The molecule has 0 aromatic heterocycles. The highest BCUT2D eigenvalue weighted by atomic mass is 16.5. The Kier molecular flexibility index (Phi) is 6.00. The summed E-state index contributed by atoms with van der Waals surface area (Å²) in [4.78, 5) is 0. The molecule has 0 aliphatic carbocycles. The summed E-state index contributed by atoms with van der Waals surface area (Å²) in [6, 6.07) is 9.25. The summed E-state index contributed by atoms with van der Waals surface area (Å²) in [5, 5.41) is 0. The molecule has 25 heavy (non-hydrogen) atoms. The molecule has 0 saturated carbocycles. The van der Waals surface area contributed by atoms with E-state index in [2.05, 4.69) is 0 Å². The van der Waals surface area contributed by atoms with Crippen LogP contribution in [0, 0.1) is 0 Å². The molecule has 0 bridgehead atoms. The molecule has 0 atom stereocenters. The molecule has 6 heteroatoms. The van der Waals surface area contributed by atoms with Crippen molar-refractivity contribution in [1.29, 1.82) is 0 Å². The van der Waals surface area contributed by atoms with Crippen molar-refractivity contribution >= 4 is 11.3 Å². The van der Waals surface area contributed by atoms with Gasteiger partial charge in [-0.05, 0) is 35.4 Å². The molecule has 2 aromatic rings. The van der Waals surface area contributed by atoms with E-state index in [4.69, 9.17) is 29.4 Å². The lowest BCUT2D eigenvalue weighted by Crippen LogP contribution is -1.99. The van der Waals surface area contributed by atoms with Crippen molar-refractivity contribution in [1.82, 2.24) is 0 Å². The van der Waals surface area contributed by atoms with Crippen LogP contribution in [0.1, 0.15) is 11.1 Å². The molecule has 0 amide bonds. The SMILES string of the molecule is CO/C=C(\c1ccc(OC)c(N)c1)c1cc(OC)c(OC)c(OC)c1. The van der Waals surface area contributed by atoms with Gasteiger partial charge in [0.1, 0.15) is 5.75 Å². The number of anilines is 1. The molecule has 0 radical (unpaired) electrons. The Morgan fingerprint density at radius 3 is 1.80 bits per heavy atom. The molecule has 0 spiro atoms. The van der Waals surface area contributed by atoms with Gasteiger partial charge in [0.25, 0.3) is 0 Å². The van der Waals surface area contributed by atoms with E-state index < -0.39 is 0 Å². The topological polar surface area (TPSA) is 72.2 Å². The number of hydrogen-bond acceptors (Lipinski definition) is 6. The summed E-state index contributed by atoms with van der Waals surface area (Å²) in [6.07, 6.45) is 1.64. The normalized spacial score (nSPS) is 11.0. The molecule has 2 rings (SSSR count). The minimum Gasteiger partial charge on any atom is -0.504 e. The predicted octanol–water partition coefficient (Wildman–Crippen LogP) is 3.34. The Hall–Kier alpha value is -3.02. The van der Waals surface area contributed by atoms with Crippen molar-refractivity contribution in [2.45, 2.75) is 0 Å². The first-order chi connectivity index (χ1) is 12.1. The number of ether oxygens (including phenoxy) is 5.